The number of rotatable bonds is 9. The minimum atomic E-state index is -0.399. The molecule has 4 amide bonds. The van der Waals surface area contributed by atoms with Crippen molar-refractivity contribution in [1.29, 1.82) is 0 Å². The highest BCUT2D eigenvalue weighted by Gasteiger charge is 2.27. The second kappa shape index (κ2) is 15.1. The maximum atomic E-state index is 12.8. The monoisotopic (exact) mass is 638 g/mol. The van der Waals surface area contributed by atoms with Gasteiger partial charge in [-0.05, 0) is 90.7 Å². The van der Waals surface area contributed by atoms with Gasteiger partial charge < -0.3 is 26.6 Å². The van der Waals surface area contributed by atoms with Crippen LogP contribution in [0.1, 0.15) is 39.2 Å². The van der Waals surface area contributed by atoms with Crippen molar-refractivity contribution in [3.63, 3.8) is 0 Å². The molecule has 0 aliphatic carbocycles. The molecule has 2 aliphatic rings. The van der Waals surface area contributed by atoms with E-state index in [9.17, 15) is 9.59 Å². The molecule has 6 rings (SSSR count). The van der Waals surface area contributed by atoms with Crippen molar-refractivity contribution >= 4 is 45.0 Å². The molecule has 2 fully saturated rings. The van der Waals surface area contributed by atoms with E-state index in [4.69, 9.17) is 0 Å². The zero-order chi connectivity index (χ0) is 32.8. The van der Waals surface area contributed by atoms with Crippen LogP contribution in [0.3, 0.4) is 0 Å². The Bertz CT molecular complexity index is 1700. The number of carbonyl (C=O) groups excluding carboxylic acids is 2. The van der Waals surface area contributed by atoms with Crippen LogP contribution >= 0.6 is 0 Å². The van der Waals surface area contributed by atoms with Crippen LogP contribution in [0.2, 0.25) is 0 Å². The predicted molar refractivity (Wildman–Crippen MR) is 189 cm³/mol. The fraction of sp³-hybridized carbons (Fsp3) is 0.371. The number of fused-ring (bicyclic) bond motifs is 2. The third kappa shape index (κ3) is 8.95. The Morgan fingerprint density at radius 2 is 1.17 bits per heavy atom. The van der Waals surface area contributed by atoms with Crippen LogP contribution in [-0.4, -0.2) is 55.6 Å². The van der Waals surface area contributed by atoms with Crippen molar-refractivity contribution < 1.29 is 9.59 Å². The maximum absolute atomic E-state index is 12.8. The molecule has 0 radical (unpaired) electrons. The summed E-state index contributed by atoms with van der Waals surface area (Å²) >= 11 is 0. The first-order valence-electron chi connectivity index (χ1n) is 16.5. The van der Waals surface area contributed by atoms with Gasteiger partial charge in [-0.1, -0.05) is 55.5 Å². The molecule has 2 saturated heterocycles. The van der Waals surface area contributed by atoms with Gasteiger partial charge in [-0.2, -0.15) is 0 Å². The van der Waals surface area contributed by atoms with Crippen LogP contribution in [0.5, 0.6) is 0 Å². The van der Waals surface area contributed by atoms with Gasteiger partial charge in [0.2, 0.25) is 0 Å². The summed E-state index contributed by atoms with van der Waals surface area (Å²) < 4.78 is 0. The topological polar surface area (TPSA) is 154 Å². The zero-order valence-corrected chi connectivity index (χ0v) is 27.1. The van der Waals surface area contributed by atoms with Crippen LogP contribution in [0.4, 0.5) is 21.0 Å². The number of hydrogen-bond donors (Lipinski definition) is 10. The number of urea groups is 2. The molecular formula is C35H46N10O2. The lowest BCUT2D eigenvalue weighted by atomic mass is 10.1. The van der Waals surface area contributed by atoms with Crippen molar-refractivity contribution in [3.05, 3.63) is 84.4 Å². The molecule has 0 aromatic heterocycles. The van der Waals surface area contributed by atoms with E-state index in [0.29, 0.717) is 6.54 Å². The van der Waals surface area contributed by atoms with Gasteiger partial charge in [-0.25, -0.2) is 9.59 Å². The SMILES string of the molecule is CCNC1CC(C)NC(NC(=O)Nc2ccc3ccc(CNC4CC(C)NC(NC(=O)Nc5ccc6ccccc6c5)N4)cc3c2)N1. The Morgan fingerprint density at radius 3 is 1.79 bits per heavy atom. The van der Waals surface area contributed by atoms with Gasteiger partial charge in [-0.15, -0.1) is 0 Å². The van der Waals surface area contributed by atoms with E-state index in [-0.39, 0.29) is 42.8 Å². The van der Waals surface area contributed by atoms with Gasteiger partial charge in [-0.3, -0.25) is 26.6 Å². The summed E-state index contributed by atoms with van der Waals surface area (Å²) in [5.41, 5.74) is 2.57. The number of hydrogen-bond acceptors (Lipinski definition) is 8. The van der Waals surface area contributed by atoms with Gasteiger partial charge in [0.05, 0.1) is 12.3 Å². The first-order valence-corrected chi connectivity index (χ1v) is 16.5. The molecule has 6 unspecified atom stereocenters. The molecule has 2 heterocycles. The molecule has 6 atom stereocenters. The molecule has 0 spiro atoms. The number of benzene rings is 4. The summed E-state index contributed by atoms with van der Waals surface area (Å²) in [6, 6.07) is 26.1. The number of anilines is 2. The second-order valence-electron chi connectivity index (χ2n) is 12.5. The van der Waals surface area contributed by atoms with E-state index in [0.717, 1.165) is 57.9 Å². The Hall–Kier alpha value is -4.30. The zero-order valence-electron chi connectivity index (χ0n) is 27.1. The standard InChI is InChI=1S/C35H46N10O2/c1-4-36-30-15-21(2)38-32(42-30)44-35(47)41-29-14-12-25-10-9-23(17-27(25)19-29)20-37-31-16-22(3)39-33(43-31)45-34(46)40-28-13-11-24-7-5-6-8-26(24)18-28/h5-14,17-19,21-22,30-33,36-39,42-43H,4,15-16,20H2,1-3H3,(H2,40,45,46)(H2,41,44,47). The minimum Gasteiger partial charge on any atom is -0.310 e. The van der Waals surface area contributed by atoms with E-state index in [2.05, 4.69) is 92.1 Å². The highest BCUT2D eigenvalue weighted by molar-refractivity contribution is 5.94. The molecule has 2 aliphatic heterocycles. The Morgan fingerprint density at radius 1 is 0.638 bits per heavy atom. The van der Waals surface area contributed by atoms with E-state index in [1.165, 1.54) is 0 Å². The smallest absolute Gasteiger partial charge is 0.310 e. The quantitative estimate of drug-likeness (QED) is 0.133. The molecule has 12 nitrogen and oxygen atoms in total. The Kier molecular flexibility index (Phi) is 10.5. The fourth-order valence-corrected chi connectivity index (χ4v) is 6.33. The van der Waals surface area contributed by atoms with Gasteiger partial charge in [0.1, 0.15) is 12.6 Å². The molecule has 10 N–H and O–H groups in total. The Labute approximate surface area is 275 Å². The van der Waals surface area contributed by atoms with Gasteiger partial charge in [0, 0.05) is 30.0 Å². The van der Waals surface area contributed by atoms with E-state index >= 15 is 0 Å². The maximum Gasteiger partial charge on any atom is 0.321 e. The van der Waals surface area contributed by atoms with Crippen molar-refractivity contribution in [2.45, 2.75) is 77.2 Å². The van der Waals surface area contributed by atoms with Crippen molar-refractivity contribution in [3.8, 4) is 0 Å². The lowest BCUT2D eigenvalue weighted by molar-refractivity contribution is 0.192. The molecule has 0 bridgehead atoms. The molecule has 47 heavy (non-hydrogen) atoms. The molecule has 4 aromatic rings. The largest absolute Gasteiger partial charge is 0.321 e. The second-order valence-corrected chi connectivity index (χ2v) is 12.5. The molecule has 12 heteroatoms. The summed E-state index contributed by atoms with van der Waals surface area (Å²) in [6.07, 6.45) is 1.18. The molecule has 4 aromatic carbocycles. The summed E-state index contributed by atoms with van der Waals surface area (Å²) in [5, 5.41) is 36.8. The summed E-state index contributed by atoms with van der Waals surface area (Å²) in [6.45, 7) is 7.78. The van der Waals surface area contributed by atoms with Crippen LogP contribution in [0, 0.1) is 0 Å². The van der Waals surface area contributed by atoms with Crippen molar-refractivity contribution in [1.82, 2.24) is 42.5 Å². The summed E-state index contributed by atoms with van der Waals surface area (Å²) in [4.78, 5) is 25.6. The van der Waals surface area contributed by atoms with Crippen molar-refractivity contribution in [2.75, 3.05) is 17.2 Å². The van der Waals surface area contributed by atoms with Gasteiger partial charge >= 0.3 is 12.1 Å². The van der Waals surface area contributed by atoms with E-state index in [1.807, 2.05) is 60.7 Å². The number of carbonyl (C=O) groups is 2. The third-order valence-electron chi connectivity index (χ3n) is 8.54. The average molecular weight is 639 g/mol. The first-order chi connectivity index (χ1) is 22.8. The normalized spacial score (nSPS) is 24.5. The molecular weight excluding hydrogens is 592 g/mol. The minimum absolute atomic E-state index is 0.0125. The molecule has 248 valence electrons. The first kappa shape index (κ1) is 32.6. The van der Waals surface area contributed by atoms with Crippen LogP contribution in [0.25, 0.3) is 21.5 Å². The lowest BCUT2D eigenvalue weighted by Gasteiger charge is -2.37. The summed E-state index contributed by atoms with van der Waals surface area (Å²) in [7, 11) is 0. The number of amides is 4. The highest BCUT2D eigenvalue weighted by atomic mass is 16.2. The van der Waals surface area contributed by atoms with E-state index < -0.39 is 6.29 Å². The van der Waals surface area contributed by atoms with Crippen molar-refractivity contribution in [2.24, 2.45) is 0 Å². The average Bonchev–Trinajstić information content (AvgIpc) is 3.03. The summed E-state index contributed by atoms with van der Waals surface area (Å²) in [5.74, 6) is 0. The van der Waals surface area contributed by atoms with Crippen LogP contribution in [-0.2, 0) is 6.54 Å². The third-order valence-corrected chi connectivity index (χ3v) is 8.54. The fourth-order valence-electron chi connectivity index (χ4n) is 6.33. The molecule has 0 saturated carbocycles. The van der Waals surface area contributed by atoms with Crippen LogP contribution < -0.4 is 53.2 Å². The number of nitrogens with one attached hydrogen (secondary N) is 10. The Balaban J connectivity index is 1.01. The lowest BCUT2D eigenvalue weighted by Crippen LogP contribution is -2.67. The van der Waals surface area contributed by atoms with Crippen LogP contribution in [0.15, 0.2) is 78.9 Å². The van der Waals surface area contributed by atoms with Gasteiger partial charge in [0.25, 0.3) is 0 Å². The predicted octanol–water partition coefficient (Wildman–Crippen LogP) is 3.80. The van der Waals surface area contributed by atoms with Gasteiger partial charge in [0.15, 0.2) is 0 Å². The van der Waals surface area contributed by atoms with E-state index in [1.54, 1.807) is 0 Å². The highest BCUT2D eigenvalue weighted by Crippen LogP contribution is 2.22.